The summed E-state index contributed by atoms with van der Waals surface area (Å²) in [5, 5.41) is 0. The van der Waals surface area contributed by atoms with Gasteiger partial charge in [-0.3, -0.25) is 4.79 Å². The van der Waals surface area contributed by atoms with Crippen molar-refractivity contribution in [2.45, 2.75) is 65.9 Å². The molecule has 16 heavy (non-hydrogen) atoms. The zero-order valence-electron chi connectivity index (χ0n) is 11.2. The van der Waals surface area contributed by atoms with Crippen LogP contribution in [0.4, 0.5) is 0 Å². The van der Waals surface area contributed by atoms with Crippen molar-refractivity contribution in [1.29, 1.82) is 0 Å². The minimum absolute atomic E-state index is 0.221. The number of carbonyl (C=O) groups excluding carboxylic acids is 1. The molecule has 0 aliphatic heterocycles. The largest absolute Gasteiger partial charge is 0.370 e. The Kier molecular flexibility index (Phi) is 4.97. The summed E-state index contributed by atoms with van der Waals surface area (Å²) in [6.45, 7) is 9.05. The second-order valence-electron chi connectivity index (χ2n) is 6.00. The lowest BCUT2D eigenvalue weighted by Gasteiger charge is -2.40. The quantitative estimate of drug-likeness (QED) is 0.732. The van der Waals surface area contributed by atoms with E-state index in [1.54, 1.807) is 0 Å². The highest BCUT2D eigenvalue weighted by Gasteiger charge is 2.34. The molecule has 1 rings (SSSR count). The summed E-state index contributed by atoms with van der Waals surface area (Å²) < 4.78 is 5.83. The number of carbonyl (C=O) groups is 1. The van der Waals surface area contributed by atoms with Crippen molar-refractivity contribution in [2.75, 3.05) is 6.61 Å². The molecule has 0 N–H and O–H groups in total. The van der Waals surface area contributed by atoms with Crippen LogP contribution in [0, 0.1) is 11.3 Å². The van der Waals surface area contributed by atoms with Crippen molar-refractivity contribution < 1.29 is 9.53 Å². The molecular formula is C14H26O2. The van der Waals surface area contributed by atoms with Crippen LogP contribution in [-0.4, -0.2) is 18.5 Å². The average molecular weight is 226 g/mol. The summed E-state index contributed by atoms with van der Waals surface area (Å²) in [7, 11) is 0. The van der Waals surface area contributed by atoms with Gasteiger partial charge in [-0.1, -0.05) is 40.5 Å². The molecule has 0 spiro atoms. The van der Waals surface area contributed by atoms with Crippen LogP contribution in [-0.2, 0) is 9.53 Å². The standard InChI is InChI=1S/C14H26O2/c1-5-11(15)10-16-13-9-7-6-8-12(13)14(2,3)4/h12-13H,5-10H2,1-4H3/t12-,13-/m1/s1. The van der Waals surface area contributed by atoms with Gasteiger partial charge >= 0.3 is 0 Å². The van der Waals surface area contributed by atoms with Gasteiger partial charge in [0.2, 0.25) is 0 Å². The second-order valence-corrected chi connectivity index (χ2v) is 6.00. The molecule has 0 aromatic rings. The first-order chi connectivity index (χ1) is 7.45. The molecule has 2 nitrogen and oxygen atoms in total. The average Bonchev–Trinajstić information content (AvgIpc) is 2.25. The van der Waals surface area contributed by atoms with Gasteiger partial charge in [0, 0.05) is 6.42 Å². The van der Waals surface area contributed by atoms with E-state index in [0.717, 1.165) is 6.42 Å². The molecule has 1 saturated carbocycles. The van der Waals surface area contributed by atoms with Gasteiger partial charge in [0.1, 0.15) is 6.61 Å². The number of ether oxygens (including phenoxy) is 1. The monoisotopic (exact) mass is 226 g/mol. The molecule has 0 aromatic heterocycles. The third kappa shape index (κ3) is 3.89. The fraction of sp³-hybridized carbons (Fsp3) is 0.929. The fourth-order valence-corrected chi connectivity index (χ4v) is 2.59. The highest BCUT2D eigenvalue weighted by molar-refractivity contribution is 5.79. The van der Waals surface area contributed by atoms with Gasteiger partial charge in [-0.25, -0.2) is 0 Å². The molecule has 0 radical (unpaired) electrons. The maximum atomic E-state index is 11.3. The predicted octanol–water partition coefficient (Wildman–Crippen LogP) is 3.59. The van der Waals surface area contributed by atoms with Gasteiger partial charge in [0.05, 0.1) is 6.10 Å². The van der Waals surface area contributed by atoms with Crippen LogP contribution in [0.1, 0.15) is 59.8 Å². The normalized spacial score (nSPS) is 26.8. The lowest BCUT2D eigenvalue weighted by molar-refractivity contribution is -0.129. The summed E-state index contributed by atoms with van der Waals surface area (Å²) >= 11 is 0. The van der Waals surface area contributed by atoms with Gasteiger partial charge in [-0.15, -0.1) is 0 Å². The predicted molar refractivity (Wildman–Crippen MR) is 66.5 cm³/mol. The fourth-order valence-electron chi connectivity index (χ4n) is 2.59. The zero-order valence-corrected chi connectivity index (χ0v) is 11.2. The Balaban J connectivity index is 2.51. The second kappa shape index (κ2) is 5.81. The van der Waals surface area contributed by atoms with Crippen LogP contribution in [0.5, 0.6) is 0 Å². The summed E-state index contributed by atoms with van der Waals surface area (Å²) in [5.41, 5.74) is 0.292. The van der Waals surface area contributed by atoms with Crippen molar-refractivity contribution >= 4 is 5.78 Å². The Bertz CT molecular complexity index is 227. The van der Waals surface area contributed by atoms with Crippen LogP contribution >= 0.6 is 0 Å². The highest BCUT2D eigenvalue weighted by Crippen LogP contribution is 2.39. The minimum atomic E-state index is 0.221. The van der Waals surface area contributed by atoms with Crippen LogP contribution in [0.2, 0.25) is 0 Å². The SMILES string of the molecule is CCC(=O)CO[C@@H]1CCCC[C@H]1C(C)(C)C. The molecule has 94 valence electrons. The Morgan fingerprint density at radius 1 is 1.25 bits per heavy atom. The Hall–Kier alpha value is -0.370. The summed E-state index contributed by atoms with van der Waals surface area (Å²) in [6, 6.07) is 0. The lowest BCUT2D eigenvalue weighted by atomic mass is 9.71. The molecule has 2 heteroatoms. The van der Waals surface area contributed by atoms with Gasteiger partial charge in [0.15, 0.2) is 5.78 Å². The van der Waals surface area contributed by atoms with E-state index in [1.807, 2.05) is 6.92 Å². The van der Waals surface area contributed by atoms with Crippen molar-refractivity contribution in [3.8, 4) is 0 Å². The van der Waals surface area contributed by atoms with Gasteiger partial charge < -0.3 is 4.74 Å². The molecule has 0 unspecified atom stereocenters. The van der Waals surface area contributed by atoms with Crippen LogP contribution < -0.4 is 0 Å². The zero-order chi connectivity index (χ0) is 12.2. The molecule has 0 aromatic carbocycles. The molecule has 0 saturated heterocycles. The maximum Gasteiger partial charge on any atom is 0.158 e. The van der Waals surface area contributed by atoms with Crippen molar-refractivity contribution in [2.24, 2.45) is 11.3 Å². The van der Waals surface area contributed by atoms with E-state index in [1.165, 1.54) is 19.3 Å². The maximum absolute atomic E-state index is 11.3. The third-order valence-electron chi connectivity index (χ3n) is 3.67. The summed E-state index contributed by atoms with van der Waals surface area (Å²) in [4.78, 5) is 11.3. The summed E-state index contributed by atoms with van der Waals surface area (Å²) in [6.07, 6.45) is 5.81. The van der Waals surface area contributed by atoms with Crippen molar-refractivity contribution in [1.82, 2.24) is 0 Å². The lowest BCUT2D eigenvalue weighted by Crippen LogP contribution is -2.37. The minimum Gasteiger partial charge on any atom is -0.370 e. The van der Waals surface area contributed by atoms with E-state index in [2.05, 4.69) is 20.8 Å². The Morgan fingerprint density at radius 3 is 2.44 bits per heavy atom. The topological polar surface area (TPSA) is 26.3 Å². The van der Waals surface area contributed by atoms with Crippen molar-refractivity contribution in [3.05, 3.63) is 0 Å². The molecule has 0 heterocycles. The van der Waals surface area contributed by atoms with Gasteiger partial charge in [0.25, 0.3) is 0 Å². The van der Waals surface area contributed by atoms with Crippen LogP contribution in [0.3, 0.4) is 0 Å². The smallest absolute Gasteiger partial charge is 0.158 e. The molecule has 1 aliphatic rings. The van der Waals surface area contributed by atoms with E-state index in [4.69, 9.17) is 4.74 Å². The highest BCUT2D eigenvalue weighted by atomic mass is 16.5. The summed E-state index contributed by atoms with van der Waals surface area (Å²) in [5.74, 6) is 0.823. The van der Waals surface area contributed by atoms with E-state index < -0.39 is 0 Å². The molecule has 1 fully saturated rings. The third-order valence-corrected chi connectivity index (χ3v) is 3.67. The first-order valence-corrected chi connectivity index (χ1v) is 6.58. The van der Waals surface area contributed by atoms with E-state index >= 15 is 0 Å². The molecular weight excluding hydrogens is 200 g/mol. The van der Waals surface area contributed by atoms with E-state index in [-0.39, 0.29) is 5.78 Å². The molecule has 0 amide bonds. The Morgan fingerprint density at radius 2 is 1.88 bits per heavy atom. The Labute approximate surface area is 99.8 Å². The number of Topliss-reactive ketones (excluding diaryl/α,β-unsaturated/α-hetero) is 1. The molecule has 0 bridgehead atoms. The first kappa shape index (κ1) is 13.7. The van der Waals surface area contributed by atoms with Crippen LogP contribution in [0.25, 0.3) is 0 Å². The van der Waals surface area contributed by atoms with Gasteiger partial charge in [-0.05, 0) is 24.2 Å². The van der Waals surface area contributed by atoms with E-state index in [9.17, 15) is 4.79 Å². The number of rotatable bonds is 4. The number of hydrogen-bond donors (Lipinski definition) is 0. The molecule has 2 atom stereocenters. The van der Waals surface area contributed by atoms with E-state index in [0.29, 0.717) is 30.5 Å². The van der Waals surface area contributed by atoms with Gasteiger partial charge in [-0.2, -0.15) is 0 Å². The number of ketones is 1. The van der Waals surface area contributed by atoms with Crippen molar-refractivity contribution in [3.63, 3.8) is 0 Å². The first-order valence-electron chi connectivity index (χ1n) is 6.58. The van der Waals surface area contributed by atoms with Crippen LogP contribution in [0.15, 0.2) is 0 Å². The molecule has 1 aliphatic carbocycles. The number of hydrogen-bond acceptors (Lipinski definition) is 2.